The lowest BCUT2D eigenvalue weighted by Gasteiger charge is -2.35. The minimum Gasteiger partial charge on any atom is -0.491 e. The Kier molecular flexibility index (Phi) is 9.31. The first kappa shape index (κ1) is 27.0. The maximum absolute atomic E-state index is 13.4. The summed E-state index contributed by atoms with van der Waals surface area (Å²) in [6.07, 6.45) is 4.09. The summed E-state index contributed by atoms with van der Waals surface area (Å²) >= 11 is 0. The molecule has 11 nitrogen and oxygen atoms in total. The van der Waals surface area contributed by atoms with Crippen LogP contribution < -0.4 is 10.1 Å². The van der Waals surface area contributed by atoms with Gasteiger partial charge in [0.1, 0.15) is 24.7 Å². The number of ether oxygens (including phenoxy) is 3. The van der Waals surface area contributed by atoms with Gasteiger partial charge in [-0.3, -0.25) is 19.4 Å². The maximum Gasteiger partial charge on any atom is 0.274 e. The van der Waals surface area contributed by atoms with Crippen molar-refractivity contribution < 1.29 is 28.6 Å². The van der Waals surface area contributed by atoms with Gasteiger partial charge in [-0.1, -0.05) is 6.92 Å². The molecule has 1 aliphatic rings. The molecule has 36 heavy (non-hydrogen) atoms. The van der Waals surface area contributed by atoms with Gasteiger partial charge in [0.25, 0.3) is 11.8 Å². The summed E-state index contributed by atoms with van der Waals surface area (Å²) in [6, 6.07) is 4.51. The Morgan fingerprint density at radius 2 is 1.97 bits per heavy atom. The van der Waals surface area contributed by atoms with Crippen LogP contribution in [0.5, 0.6) is 5.75 Å². The number of likely N-dealkylation sites (N-methyl/N-ethyl adjacent to an activating group) is 1. The van der Waals surface area contributed by atoms with E-state index in [-0.39, 0.29) is 66.8 Å². The second-order valence-electron chi connectivity index (χ2n) is 8.84. The summed E-state index contributed by atoms with van der Waals surface area (Å²) in [7, 11) is 4.69. The molecule has 0 spiro atoms. The van der Waals surface area contributed by atoms with E-state index in [1.54, 1.807) is 42.2 Å². The Morgan fingerprint density at radius 3 is 2.64 bits per heavy atom. The predicted octanol–water partition coefficient (Wildman–Crippen LogP) is 1.71. The highest BCUT2D eigenvalue weighted by Crippen LogP contribution is 2.26. The molecule has 11 heteroatoms. The van der Waals surface area contributed by atoms with Gasteiger partial charge in [-0.2, -0.15) is 0 Å². The van der Waals surface area contributed by atoms with E-state index in [1.807, 2.05) is 13.8 Å². The lowest BCUT2D eigenvalue weighted by atomic mass is 10.0. The lowest BCUT2D eigenvalue weighted by Crippen LogP contribution is -2.48. The molecule has 1 aromatic carbocycles. The highest BCUT2D eigenvalue weighted by atomic mass is 16.5. The number of nitrogens with one attached hydrogen (secondary N) is 1. The average molecular weight is 500 g/mol. The first-order valence-corrected chi connectivity index (χ1v) is 11.7. The van der Waals surface area contributed by atoms with Crippen LogP contribution in [-0.4, -0.2) is 97.2 Å². The minimum atomic E-state index is -0.347. The maximum atomic E-state index is 13.4. The van der Waals surface area contributed by atoms with Crippen molar-refractivity contribution in [3.05, 3.63) is 48.0 Å². The first-order valence-electron chi connectivity index (χ1n) is 11.7. The van der Waals surface area contributed by atoms with E-state index in [0.717, 1.165) is 0 Å². The number of rotatable bonds is 5. The molecule has 0 bridgehead atoms. The number of hydrogen-bond acceptors (Lipinski definition) is 8. The smallest absolute Gasteiger partial charge is 0.274 e. The number of anilines is 1. The molecular weight excluding hydrogens is 466 g/mol. The number of fused-ring (bicyclic) bond motifs is 1. The Labute approximate surface area is 210 Å². The van der Waals surface area contributed by atoms with Gasteiger partial charge >= 0.3 is 0 Å². The average Bonchev–Trinajstić information content (AvgIpc) is 2.88. The van der Waals surface area contributed by atoms with Crippen molar-refractivity contribution >= 4 is 23.4 Å². The number of aromatic nitrogens is 2. The molecule has 3 rings (SSSR count). The standard InChI is InChI=1S/C25H33N5O6/c1-16-12-30(25(33)20-11-26-8-9-27-20)17(2)14-36-21-7-6-18(28-23(31)15-34-4)10-19(21)24(32)29(3)13-22(16)35-5/h6-11,16-17,22H,12-15H2,1-5H3,(H,28,31)/t16-,17-,22+/m0/s1. The minimum absolute atomic E-state index is 0.105. The molecule has 0 unspecified atom stereocenters. The van der Waals surface area contributed by atoms with Gasteiger partial charge in [0.15, 0.2) is 0 Å². The normalized spacial score (nSPS) is 21.0. The largest absolute Gasteiger partial charge is 0.491 e. The van der Waals surface area contributed by atoms with E-state index in [0.29, 0.717) is 18.0 Å². The Hall–Kier alpha value is -3.57. The van der Waals surface area contributed by atoms with Gasteiger partial charge in [0.05, 0.1) is 23.9 Å². The molecule has 1 N–H and O–H groups in total. The van der Waals surface area contributed by atoms with E-state index >= 15 is 0 Å². The summed E-state index contributed by atoms with van der Waals surface area (Å²) in [4.78, 5) is 50.2. The number of amides is 3. The summed E-state index contributed by atoms with van der Waals surface area (Å²) < 4.78 is 16.6. The fraction of sp³-hybridized carbons (Fsp3) is 0.480. The first-order chi connectivity index (χ1) is 17.2. The third kappa shape index (κ3) is 6.55. The second kappa shape index (κ2) is 12.4. The molecule has 194 valence electrons. The number of hydrogen-bond donors (Lipinski definition) is 1. The number of carbonyl (C=O) groups is 3. The van der Waals surface area contributed by atoms with Crippen LogP contribution in [0.3, 0.4) is 0 Å². The molecule has 3 amide bonds. The Balaban J connectivity index is 1.96. The molecule has 2 heterocycles. The van der Waals surface area contributed by atoms with E-state index in [1.165, 1.54) is 25.7 Å². The Bertz CT molecular complexity index is 1070. The third-order valence-corrected chi connectivity index (χ3v) is 6.05. The van der Waals surface area contributed by atoms with Crippen LogP contribution in [0.1, 0.15) is 34.7 Å². The van der Waals surface area contributed by atoms with E-state index < -0.39 is 0 Å². The summed E-state index contributed by atoms with van der Waals surface area (Å²) in [5, 5.41) is 2.71. The van der Waals surface area contributed by atoms with Crippen molar-refractivity contribution in [2.24, 2.45) is 5.92 Å². The van der Waals surface area contributed by atoms with Crippen LogP contribution in [0.4, 0.5) is 5.69 Å². The van der Waals surface area contributed by atoms with Gasteiger partial charge in [-0.05, 0) is 25.1 Å². The van der Waals surface area contributed by atoms with Crippen LogP contribution in [-0.2, 0) is 14.3 Å². The topological polar surface area (TPSA) is 123 Å². The zero-order valence-electron chi connectivity index (χ0n) is 21.3. The number of methoxy groups -OCH3 is 2. The molecule has 0 aliphatic carbocycles. The number of benzene rings is 1. The monoisotopic (exact) mass is 499 g/mol. The van der Waals surface area contributed by atoms with Crippen molar-refractivity contribution in [3.8, 4) is 5.75 Å². The second-order valence-corrected chi connectivity index (χ2v) is 8.84. The van der Waals surface area contributed by atoms with Crippen LogP contribution in [0, 0.1) is 5.92 Å². The fourth-order valence-electron chi connectivity index (χ4n) is 4.02. The summed E-state index contributed by atoms with van der Waals surface area (Å²) in [5.41, 5.74) is 0.967. The summed E-state index contributed by atoms with van der Waals surface area (Å²) in [5.74, 6) is -0.640. The van der Waals surface area contributed by atoms with Crippen LogP contribution in [0.15, 0.2) is 36.8 Å². The lowest BCUT2D eigenvalue weighted by molar-refractivity contribution is -0.119. The molecule has 2 aromatic rings. The van der Waals surface area contributed by atoms with Gasteiger partial charge in [-0.25, -0.2) is 4.98 Å². The van der Waals surface area contributed by atoms with Crippen molar-refractivity contribution in [3.63, 3.8) is 0 Å². The molecule has 1 aromatic heterocycles. The molecule has 1 aliphatic heterocycles. The SMILES string of the molecule is COCC(=O)Nc1ccc2c(c1)C(=O)N(C)C[C@@H](OC)[C@@H](C)CN(C(=O)c1cnccn1)[C@@H](C)CO2. The van der Waals surface area contributed by atoms with Gasteiger partial charge in [-0.15, -0.1) is 0 Å². The molecule has 0 fully saturated rings. The molecule has 0 radical (unpaired) electrons. The van der Waals surface area contributed by atoms with Crippen molar-refractivity contribution in [1.29, 1.82) is 0 Å². The summed E-state index contributed by atoms with van der Waals surface area (Å²) in [6.45, 7) is 4.54. The third-order valence-electron chi connectivity index (χ3n) is 6.05. The van der Waals surface area contributed by atoms with Gasteiger partial charge in [0.2, 0.25) is 5.91 Å². The van der Waals surface area contributed by atoms with E-state index in [2.05, 4.69) is 15.3 Å². The Morgan fingerprint density at radius 1 is 1.19 bits per heavy atom. The van der Waals surface area contributed by atoms with Gasteiger partial charge in [0, 0.05) is 58.4 Å². The van der Waals surface area contributed by atoms with Crippen molar-refractivity contribution in [2.45, 2.75) is 26.0 Å². The molecule has 3 atom stereocenters. The van der Waals surface area contributed by atoms with Crippen LogP contribution in [0.2, 0.25) is 0 Å². The molecule has 0 saturated heterocycles. The zero-order valence-corrected chi connectivity index (χ0v) is 21.3. The van der Waals surface area contributed by atoms with E-state index in [9.17, 15) is 14.4 Å². The zero-order chi connectivity index (χ0) is 26.2. The highest BCUT2D eigenvalue weighted by Gasteiger charge is 2.31. The molecule has 0 saturated carbocycles. The molecular formula is C25H33N5O6. The quantitative estimate of drug-likeness (QED) is 0.660. The number of nitrogens with zero attached hydrogens (tertiary/aromatic N) is 4. The van der Waals surface area contributed by atoms with Crippen LogP contribution >= 0.6 is 0 Å². The highest BCUT2D eigenvalue weighted by molar-refractivity contribution is 5.99. The van der Waals surface area contributed by atoms with Crippen molar-refractivity contribution in [1.82, 2.24) is 19.8 Å². The number of carbonyl (C=O) groups excluding carboxylic acids is 3. The predicted molar refractivity (Wildman–Crippen MR) is 132 cm³/mol. The van der Waals surface area contributed by atoms with Gasteiger partial charge < -0.3 is 29.3 Å². The van der Waals surface area contributed by atoms with E-state index in [4.69, 9.17) is 14.2 Å². The van der Waals surface area contributed by atoms with Crippen molar-refractivity contribution in [2.75, 3.05) is 52.9 Å². The fourth-order valence-corrected chi connectivity index (χ4v) is 4.02. The van der Waals surface area contributed by atoms with Crippen LogP contribution in [0.25, 0.3) is 0 Å².